The maximum atomic E-state index is 12.5. The van der Waals surface area contributed by atoms with Gasteiger partial charge in [0.2, 0.25) is 11.9 Å². The van der Waals surface area contributed by atoms with Crippen molar-refractivity contribution in [2.75, 3.05) is 44.5 Å². The normalized spacial score (nSPS) is 11.8. The van der Waals surface area contributed by atoms with Crippen molar-refractivity contribution in [3.63, 3.8) is 0 Å². The number of likely N-dealkylation sites (N-methyl/N-ethyl adjacent to an activating group) is 1. The molecule has 0 unspecified atom stereocenters. The number of hydrogen-bond donors (Lipinski definition) is 3. The molecular weight excluding hydrogens is 536 g/mol. The Morgan fingerprint density at radius 3 is 2.69 bits per heavy atom. The van der Waals surface area contributed by atoms with Crippen LogP contribution in [0.1, 0.15) is 52.5 Å². The third kappa shape index (κ3) is 9.62. The summed E-state index contributed by atoms with van der Waals surface area (Å²) in [6.07, 6.45) is 4.99. The van der Waals surface area contributed by atoms with E-state index in [4.69, 9.17) is 9.47 Å². The van der Waals surface area contributed by atoms with Crippen LogP contribution in [0.3, 0.4) is 0 Å². The van der Waals surface area contributed by atoms with Gasteiger partial charge < -0.3 is 25.4 Å². The molecule has 2 aromatic heterocycles. The van der Waals surface area contributed by atoms with Crippen molar-refractivity contribution in [1.29, 1.82) is 0 Å². The monoisotopic (exact) mass is 578 g/mol. The van der Waals surface area contributed by atoms with Crippen LogP contribution in [-0.4, -0.2) is 82.1 Å². The van der Waals surface area contributed by atoms with Gasteiger partial charge in [0.05, 0.1) is 23.5 Å². The van der Waals surface area contributed by atoms with Gasteiger partial charge in [-0.2, -0.15) is 10.1 Å². The topological polar surface area (TPSA) is 136 Å². The molecule has 1 atom stereocenters. The zero-order valence-electron chi connectivity index (χ0n) is 25.6. The third-order valence-corrected chi connectivity index (χ3v) is 6.25. The van der Waals surface area contributed by atoms with Crippen LogP contribution in [0.2, 0.25) is 0 Å². The Hall–Kier alpha value is -4.37. The van der Waals surface area contributed by atoms with E-state index in [1.807, 2.05) is 36.1 Å². The smallest absolute Gasteiger partial charge is 0.410 e. The van der Waals surface area contributed by atoms with Gasteiger partial charge in [-0.25, -0.2) is 9.78 Å². The van der Waals surface area contributed by atoms with E-state index in [0.29, 0.717) is 49.9 Å². The van der Waals surface area contributed by atoms with E-state index in [1.165, 1.54) is 4.90 Å². The van der Waals surface area contributed by atoms with Gasteiger partial charge in [0.1, 0.15) is 17.5 Å². The summed E-state index contributed by atoms with van der Waals surface area (Å²) in [6.45, 7) is 8.75. The van der Waals surface area contributed by atoms with Gasteiger partial charge in [0.15, 0.2) is 0 Å². The highest BCUT2D eigenvalue weighted by molar-refractivity contribution is 5.85. The standard InChI is InChI=1S/C30H42N8O4/c1-21(37(5)29(40)42-30(2,3)4)27(39)32-15-10-8-9-12-22-19-33-28(36-26(22)31-16-11-17-41-7)35-24-13-14-25-23(18-24)20-34-38(25)6/h13-14,18-21H,8,10-11,15-17H2,1-7H3,(H,32,39)(H2,31,33,35,36)/t21-/m0/s1. The minimum Gasteiger partial charge on any atom is -0.444 e. The number of carbonyl (C=O) groups is 2. The Kier molecular flexibility index (Phi) is 11.5. The van der Waals surface area contributed by atoms with E-state index in [-0.39, 0.29) is 5.91 Å². The van der Waals surface area contributed by atoms with Crippen LogP contribution in [0.5, 0.6) is 0 Å². The number of aromatic nitrogens is 4. The number of nitrogens with one attached hydrogen (secondary N) is 3. The third-order valence-electron chi connectivity index (χ3n) is 6.25. The van der Waals surface area contributed by atoms with Crippen molar-refractivity contribution in [3.05, 3.63) is 36.2 Å². The SMILES string of the molecule is COCCCNc1nc(Nc2ccc3c(cnn3C)c2)ncc1C#CCCCNC(=O)[C@H](C)N(C)C(=O)OC(C)(C)C. The van der Waals surface area contributed by atoms with Crippen molar-refractivity contribution in [2.24, 2.45) is 7.05 Å². The molecule has 3 N–H and O–H groups in total. The average Bonchev–Trinajstić information content (AvgIpc) is 3.31. The quantitative estimate of drug-likeness (QED) is 0.215. The molecule has 0 saturated heterocycles. The minimum absolute atomic E-state index is 0.252. The van der Waals surface area contributed by atoms with Gasteiger partial charge in [0, 0.05) is 58.4 Å². The largest absolute Gasteiger partial charge is 0.444 e. The Balaban J connectivity index is 1.57. The molecule has 3 aromatic rings. The first kappa shape index (κ1) is 32.1. The Morgan fingerprint density at radius 1 is 1.17 bits per heavy atom. The average molecular weight is 579 g/mol. The minimum atomic E-state index is -0.659. The molecule has 12 nitrogen and oxygen atoms in total. The summed E-state index contributed by atoms with van der Waals surface area (Å²) < 4.78 is 12.3. The molecular formula is C30H42N8O4. The van der Waals surface area contributed by atoms with Crippen LogP contribution < -0.4 is 16.0 Å². The predicted octanol–water partition coefficient (Wildman–Crippen LogP) is 4.06. The van der Waals surface area contributed by atoms with Crippen molar-refractivity contribution in [1.82, 2.24) is 30.0 Å². The summed E-state index contributed by atoms with van der Waals surface area (Å²) in [7, 11) is 5.13. The number of ether oxygens (including phenoxy) is 2. The lowest BCUT2D eigenvalue weighted by molar-refractivity contribution is -0.125. The summed E-state index contributed by atoms with van der Waals surface area (Å²) in [5, 5.41) is 14.8. The number of nitrogens with zero attached hydrogens (tertiary/aromatic N) is 5. The van der Waals surface area contributed by atoms with Crippen LogP contribution in [0, 0.1) is 11.8 Å². The molecule has 42 heavy (non-hydrogen) atoms. The highest BCUT2D eigenvalue weighted by Gasteiger charge is 2.26. The molecule has 0 aliphatic carbocycles. The van der Waals surface area contributed by atoms with Crippen LogP contribution in [0.25, 0.3) is 10.9 Å². The maximum Gasteiger partial charge on any atom is 0.410 e. The summed E-state index contributed by atoms with van der Waals surface area (Å²) in [5.74, 6) is 7.12. The van der Waals surface area contributed by atoms with Crippen LogP contribution >= 0.6 is 0 Å². The lowest BCUT2D eigenvalue weighted by Gasteiger charge is -2.28. The van der Waals surface area contributed by atoms with Crippen molar-refractivity contribution < 1.29 is 19.1 Å². The van der Waals surface area contributed by atoms with E-state index in [1.54, 1.807) is 48.0 Å². The Bertz CT molecular complexity index is 1420. The molecule has 12 heteroatoms. The zero-order chi connectivity index (χ0) is 30.7. The van der Waals surface area contributed by atoms with Gasteiger partial charge in [-0.3, -0.25) is 14.4 Å². The first-order valence-electron chi connectivity index (χ1n) is 14.0. The lowest BCUT2D eigenvalue weighted by Crippen LogP contribution is -2.47. The molecule has 1 aromatic carbocycles. The fourth-order valence-electron chi connectivity index (χ4n) is 3.82. The number of carbonyl (C=O) groups excluding carboxylic acids is 2. The van der Waals surface area contributed by atoms with Gasteiger partial charge in [-0.1, -0.05) is 11.8 Å². The van der Waals surface area contributed by atoms with E-state index in [9.17, 15) is 9.59 Å². The van der Waals surface area contributed by atoms with E-state index in [2.05, 4.69) is 42.9 Å². The number of aryl methyl sites for hydroxylation is 1. The molecule has 0 fully saturated rings. The fraction of sp³-hybridized carbons (Fsp3) is 0.500. The van der Waals surface area contributed by atoms with E-state index in [0.717, 1.165) is 23.0 Å². The first-order valence-corrected chi connectivity index (χ1v) is 14.0. The summed E-state index contributed by atoms with van der Waals surface area (Å²) in [4.78, 5) is 35.1. The number of amides is 2. The summed E-state index contributed by atoms with van der Waals surface area (Å²) in [6, 6.07) is 5.30. The van der Waals surface area contributed by atoms with Crippen molar-refractivity contribution in [2.45, 2.75) is 58.6 Å². The lowest BCUT2D eigenvalue weighted by atomic mass is 10.2. The fourth-order valence-corrected chi connectivity index (χ4v) is 3.82. The molecule has 226 valence electrons. The number of benzene rings is 1. The summed E-state index contributed by atoms with van der Waals surface area (Å²) >= 11 is 0. The predicted molar refractivity (Wildman–Crippen MR) is 164 cm³/mol. The number of fused-ring (bicyclic) bond motifs is 1. The highest BCUT2D eigenvalue weighted by atomic mass is 16.6. The Labute approximate surface area is 247 Å². The molecule has 3 rings (SSSR count). The van der Waals surface area contributed by atoms with Gasteiger partial charge in [-0.05, 0) is 58.7 Å². The molecule has 0 radical (unpaired) electrons. The second-order valence-electron chi connectivity index (χ2n) is 10.9. The molecule has 0 saturated carbocycles. The molecule has 0 bridgehead atoms. The molecule has 0 spiro atoms. The Morgan fingerprint density at radius 2 is 1.95 bits per heavy atom. The molecule has 0 aliphatic rings. The maximum absolute atomic E-state index is 12.5. The van der Waals surface area contributed by atoms with Crippen molar-refractivity contribution >= 4 is 40.4 Å². The van der Waals surface area contributed by atoms with Crippen molar-refractivity contribution in [3.8, 4) is 11.8 Å². The van der Waals surface area contributed by atoms with Gasteiger partial charge in [-0.15, -0.1) is 0 Å². The first-order chi connectivity index (χ1) is 20.0. The number of hydrogen-bond acceptors (Lipinski definition) is 9. The molecule has 2 heterocycles. The van der Waals surface area contributed by atoms with Crippen LogP contribution in [0.4, 0.5) is 22.2 Å². The highest BCUT2D eigenvalue weighted by Crippen LogP contribution is 2.22. The molecule has 2 amide bonds. The van der Waals surface area contributed by atoms with E-state index >= 15 is 0 Å². The number of unbranched alkanes of at least 4 members (excludes halogenated alkanes) is 1. The number of rotatable bonds is 12. The second-order valence-corrected chi connectivity index (χ2v) is 10.9. The second kappa shape index (κ2) is 15.0. The number of anilines is 3. The summed E-state index contributed by atoms with van der Waals surface area (Å²) in [5.41, 5.74) is 1.94. The van der Waals surface area contributed by atoms with Crippen LogP contribution in [-0.2, 0) is 21.3 Å². The zero-order valence-corrected chi connectivity index (χ0v) is 25.6. The number of methoxy groups -OCH3 is 1. The van der Waals surface area contributed by atoms with Gasteiger partial charge >= 0.3 is 6.09 Å². The van der Waals surface area contributed by atoms with Gasteiger partial charge in [0.25, 0.3) is 0 Å². The van der Waals surface area contributed by atoms with E-state index < -0.39 is 17.7 Å². The van der Waals surface area contributed by atoms with Crippen LogP contribution in [0.15, 0.2) is 30.6 Å². The molecule has 0 aliphatic heterocycles.